The van der Waals surface area contributed by atoms with Gasteiger partial charge in [0.2, 0.25) is 6.17 Å². The Morgan fingerprint density at radius 1 is 1.50 bits per heavy atom. The van der Waals surface area contributed by atoms with E-state index >= 15 is 0 Å². The van der Waals surface area contributed by atoms with Gasteiger partial charge in [0.1, 0.15) is 5.60 Å². The fraction of sp³-hybridized carbons (Fsp3) is 0.889. The Hall–Kier alpha value is -0.680. The van der Waals surface area contributed by atoms with E-state index in [9.17, 15) is 14.3 Å². The lowest BCUT2D eigenvalue weighted by molar-refractivity contribution is -0.155. The number of halogens is 1. The molecule has 0 aliphatic carbocycles. The molecule has 82 valence electrons. The summed E-state index contributed by atoms with van der Waals surface area (Å²) in [6.45, 7) is 1.30. The standard InChI is InChI=1S/C9H16FNO3/c1-11-5-2-3-9(14,4-6-11)7(10)8(12)13/h7,14H,2-6H2,1H3,(H,12,13). The van der Waals surface area contributed by atoms with Gasteiger partial charge in [-0.3, -0.25) is 0 Å². The van der Waals surface area contributed by atoms with E-state index in [1.165, 1.54) is 0 Å². The average Bonchev–Trinajstić information content (AvgIpc) is 2.28. The SMILES string of the molecule is CN1CCCC(O)(C(F)C(=O)O)CC1. The lowest BCUT2D eigenvalue weighted by Crippen LogP contribution is -2.44. The third-order valence-corrected chi connectivity index (χ3v) is 2.76. The van der Waals surface area contributed by atoms with Crippen LogP contribution in [0.4, 0.5) is 4.39 Å². The number of hydrogen-bond donors (Lipinski definition) is 2. The van der Waals surface area contributed by atoms with E-state index in [-0.39, 0.29) is 12.8 Å². The van der Waals surface area contributed by atoms with Crippen molar-refractivity contribution in [2.45, 2.75) is 31.0 Å². The maximum Gasteiger partial charge on any atom is 0.341 e. The first-order valence-electron chi connectivity index (χ1n) is 4.73. The maximum absolute atomic E-state index is 13.2. The van der Waals surface area contributed by atoms with Gasteiger partial charge >= 0.3 is 5.97 Å². The number of carboxylic acid groups (broad SMARTS) is 1. The summed E-state index contributed by atoms with van der Waals surface area (Å²) in [6, 6.07) is 0. The molecule has 2 unspecified atom stereocenters. The molecular formula is C9H16FNO3. The van der Waals surface area contributed by atoms with Gasteiger partial charge in [-0.05, 0) is 32.9 Å². The molecule has 0 aromatic carbocycles. The van der Waals surface area contributed by atoms with Crippen molar-refractivity contribution in [1.29, 1.82) is 0 Å². The molecule has 1 aliphatic rings. The van der Waals surface area contributed by atoms with Crippen LogP contribution in [0.25, 0.3) is 0 Å². The second-order valence-electron chi connectivity index (χ2n) is 3.96. The Balaban J connectivity index is 2.67. The Bertz CT molecular complexity index is 224. The topological polar surface area (TPSA) is 60.8 Å². The highest BCUT2D eigenvalue weighted by molar-refractivity contribution is 5.73. The predicted octanol–water partition coefficient (Wildman–Crippen LogP) is 0.256. The molecule has 2 N–H and O–H groups in total. The molecule has 0 radical (unpaired) electrons. The molecule has 0 saturated carbocycles. The smallest absolute Gasteiger partial charge is 0.341 e. The summed E-state index contributed by atoms with van der Waals surface area (Å²) in [5.74, 6) is -1.57. The van der Waals surface area contributed by atoms with Crippen molar-refractivity contribution in [3.8, 4) is 0 Å². The van der Waals surface area contributed by atoms with Crippen molar-refractivity contribution < 1.29 is 19.4 Å². The molecule has 4 nitrogen and oxygen atoms in total. The van der Waals surface area contributed by atoms with Crippen molar-refractivity contribution >= 4 is 5.97 Å². The van der Waals surface area contributed by atoms with E-state index in [0.29, 0.717) is 13.0 Å². The van der Waals surface area contributed by atoms with Gasteiger partial charge in [0, 0.05) is 6.54 Å². The van der Waals surface area contributed by atoms with E-state index < -0.39 is 17.7 Å². The lowest BCUT2D eigenvalue weighted by Gasteiger charge is -2.27. The highest BCUT2D eigenvalue weighted by atomic mass is 19.1. The molecule has 1 saturated heterocycles. The summed E-state index contributed by atoms with van der Waals surface area (Å²) >= 11 is 0. The first-order chi connectivity index (χ1) is 6.46. The number of nitrogens with zero attached hydrogens (tertiary/aromatic N) is 1. The summed E-state index contributed by atoms with van der Waals surface area (Å²) in [6.07, 6.45) is -1.16. The van der Waals surface area contributed by atoms with Gasteiger partial charge in [-0.25, -0.2) is 9.18 Å². The molecule has 14 heavy (non-hydrogen) atoms. The second-order valence-corrected chi connectivity index (χ2v) is 3.96. The minimum absolute atomic E-state index is 0.178. The van der Waals surface area contributed by atoms with E-state index in [4.69, 9.17) is 5.11 Å². The second kappa shape index (κ2) is 4.23. The van der Waals surface area contributed by atoms with Crippen molar-refractivity contribution in [3.05, 3.63) is 0 Å². The maximum atomic E-state index is 13.2. The zero-order valence-corrected chi connectivity index (χ0v) is 8.24. The number of carbonyl (C=O) groups is 1. The van der Waals surface area contributed by atoms with Gasteiger partial charge in [0.05, 0.1) is 0 Å². The van der Waals surface area contributed by atoms with Gasteiger partial charge in [0.15, 0.2) is 0 Å². The number of hydrogen-bond acceptors (Lipinski definition) is 3. The lowest BCUT2D eigenvalue weighted by atomic mass is 9.90. The number of aliphatic carboxylic acids is 1. The van der Waals surface area contributed by atoms with Crippen LogP contribution in [-0.2, 0) is 4.79 Å². The van der Waals surface area contributed by atoms with Crippen molar-refractivity contribution in [2.24, 2.45) is 0 Å². The Morgan fingerprint density at radius 2 is 2.14 bits per heavy atom. The summed E-state index contributed by atoms with van der Waals surface area (Å²) < 4.78 is 13.2. The molecule has 2 atom stereocenters. The van der Waals surface area contributed by atoms with E-state index in [1.54, 1.807) is 0 Å². The fourth-order valence-electron chi connectivity index (χ4n) is 1.76. The quantitative estimate of drug-likeness (QED) is 0.678. The van der Waals surface area contributed by atoms with Crippen molar-refractivity contribution in [2.75, 3.05) is 20.1 Å². The molecule has 1 heterocycles. The van der Waals surface area contributed by atoms with Crippen LogP contribution < -0.4 is 0 Å². The van der Waals surface area contributed by atoms with Gasteiger partial charge in [-0.1, -0.05) is 0 Å². The molecule has 0 amide bonds. The Labute approximate surface area is 82.3 Å². The third-order valence-electron chi connectivity index (χ3n) is 2.76. The molecule has 1 aliphatic heterocycles. The number of aliphatic hydroxyl groups is 1. The number of rotatable bonds is 2. The minimum atomic E-state index is -2.17. The van der Waals surface area contributed by atoms with Crippen molar-refractivity contribution in [1.82, 2.24) is 4.90 Å². The highest BCUT2D eigenvalue weighted by Gasteiger charge is 2.42. The number of likely N-dealkylation sites (tertiary alicyclic amines) is 1. The first kappa shape index (κ1) is 11.4. The summed E-state index contributed by atoms with van der Waals surface area (Å²) in [5.41, 5.74) is -1.68. The zero-order valence-electron chi connectivity index (χ0n) is 8.24. The molecule has 1 rings (SSSR count). The molecule has 5 heteroatoms. The van der Waals surface area contributed by atoms with E-state index in [0.717, 1.165) is 6.54 Å². The van der Waals surface area contributed by atoms with Crippen LogP contribution in [-0.4, -0.2) is 53.0 Å². The van der Waals surface area contributed by atoms with Crippen LogP contribution in [0.2, 0.25) is 0 Å². The minimum Gasteiger partial charge on any atom is -0.479 e. The number of alkyl halides is 1. The van der Waals surface area contributed by atoms with Crippen LogP contribution in [0.3, 0.4) is 0 Å². The monoisotopic (exact) mass is 205 g/mol. The van der Waals surface area contributed by atoms with Gasteiger partial charge in [-0.15, -0.1) is 0 Å². The predicted molar refractivity (Wildman–Crippen MR) is 48.8 cm³/mol. The van der Waals surface area contributed by atoms with Crippen LogP contribution in [0, 0.1) is 0 Å². The van der Waals surface area contributed by atoms with E-state index in [2.05, 4.69) is 0 Å². The van der Waals surface area contributed by atoms with E-state index in [1.807, 2.05) is 11.9 Å². The Kier molecular flexibility index (Phi) is 3.44. The summed E-state index contributed by atoms with van der Waals surface area (Å²) in [7, 11) is 1.87. The van der Waals surface area contributed by atoms with Crippen LogP contribution >= 0.6 is 0 Å². The summed E-state index contributed by atoms with van der Waals surface area (Å²) in [4.78, 5) is 12.4. The zero-order chi connectivity index (χ0) is 10.8. The molecule has 1 fully saturated rings. The van der Waals surface area contributed by atoms with Gasteiger partial charge in [-0.2, -0.15) is 0 Å². The molecule has 0 spiro atoms. The van der Waals surface area contributed by atoms with Gasteiger partial charge < -0.3 is 15.1 Å². The molecule has 0 aromatic heterocycles. The normalized spacial score (nSPS) is 32.2. The van der Waals surface area contributed by atoms with Crippen molar-refractivity contribution in [3.63, 3.8) is 0 Å². The Morgan fingerprint density at radius 3 is 2.71 bits per heavy atom. The average molecular weight is 205 g/mol. The largest absolute Gasteiger partial charge is 0.479 e. The fourth-order valence-corrected chi connectivity index (χ4v) is 1.76. The summed E-state index contributed by atoms with van der Waals surface area (Å²) in [5, 5.41) is 18.3. The molecule has 0 aromatic rings. The first-order valence-corrected chi connectivity index (χ1v) is 4.73. The third kappa shape index (κ3) is 2.42. The number of carboxylic acids is 1. The van der Waals surface area contributed by atoms with Gasteiger partial charge in [0.25, 0.3) is 0 Å². The molecular weight excluding hydrogens is 189 g/mol. The van der Waals surface area contributed by atoms with Crippen LogP contribution in [0.1, 0.15) is 19.3 Å². The van der Waals surface area contributed by atoms with Crippen LogP contribution in [0.5, 0.6) is 0 Å². The highest BCUT2D eigenvalue weighted by Crippen LogP contribution is 2.27. The molecule has 0 bridgehead atoms. The van der Waals surface area contributed by atoms with Crippen LogP contribution in [0.15, 0.2) is 0 Å².